The molecule has 0 spiro atoms. The van der Waals surface area contributed by atoms with Crippen LogP contribution in [0.1, 0.15) is 19.8 Å². The average Bonchev–Trinajstić information content (AvgIpc) is 2.77. The first-order valence-electron chi connectivity index (χ1n) is 10.4. The van der Waals surface area contributed by atoms with Gasteiger partial charge in [0.15, 0.2) is 0 Å². The second-order valence-electron chi connectivity index (χ2n) is 7.20. The first-order valence-corrected chi connectivity index (χ1v) is 11.4. The molecule has 7 heteroatoms. The number of nitrogens with zero attached hydrogens (tertiary/aromatic N) is 1. The fraction of sp³-hybridized carbons (Fsp3) is 0.391. The van der Waals surface area contributed by atoms with Crippen LogP contribution >= 0.6 is 11.8 Å². The van der Waals surface area contributed by atoms with Crippen molar-refractivity contribution in [3.8, 4) is 0 Å². The fourth-order valence-corrected chi connectivity index (χ4v) is 4.27. The fourth-order valence-electron chi connectivity index (χ4n) is 3.45. The Balaban J connectivity index is 1.64. The van der Waals surface area contributed by atoms with Crippen LogP contribution in [0.2, 0.25) is 0 Å². The van der Waals surface area contributed by atoms with Crippen molar-refractivity contribution in [2.75, 3.05) is 25.4 Å². The van der Waals surface area contributed by atoms with E-state index in [1.165, 1.54) is 4.90 Å². The van der Waals surface area contributed by atoms with E-state index in [0.717, 1.165) is 35.7 Å². The third kappa shape index (κ3) is 6.86. The lowest BCUT2D eigenvalue weighted by atomic mass is 9.89. The Bertz CT molecular complexity index is 833. The van der Waals surface area contributed by atoms with Gasteiger partial charge in [-0.2, -0.15) is 0 Å². The lowest BCUT2D eigenvalue weighted by Crippen LogP contribution is -2.36. The number of aliphatic hydroxyl groups is 1. The van der Waals surface area contributed by atoms with Gasteiger partial charge >= 0.3 is 6.03 Å². The molecule has 1 aliphatic carbocycles. The second-order valence-corrected chi connectivity index (χ2v) is 8.25. The number of aliphatic hydroxyl groups excluding tert-OH is 1. The van der Waals surface area contributed by atoms with E-state index < -0.39 is 0 Å². The zero-order valence-corrected chi connectivity index (χ0v) is 18.1. The van der Waals surface area contributed by atoms with Gasteiger partial charge in [-0.15, -0.1) is 11.8 Å². The summed E-state index contributed by atoms with van der Waals surface area (Å²) in [5.41, 5.74) is 3.02. The minimum absolute atomic E-state index is 0.117. The molecule has 160 valence electrons. The van der Waals surface area contributed by atoms with Crippen molar-refractivity contribution in [3.05, 3.63) is 66.0 Å². The van der Waals surface area contributed by atoms with Crippen molar-refractivity contribution >= 4 is 23.5 Å². The van der Waals surface area contributed by atoms with E-state index in [1.54, 1.807) is 11.8 Å². The number of hydrogen-bond donors (Lipinski definition) is 4. The first kappa shape index (κ1) is 22.3. The minimum Gasteiger partial charge on any atom is -0.395 e. The average molecular weight is 427 g/mol. The molecule has 2 amide bonds. The highest BCUT2D eigenvalue weighted by Crippen LogP contribution is 2.27. The van der Waals surface area contributed by atoms with Gasteiger partial charge in [0.25, 0.3) is 0 Å². The highest BCUT2D eigenvalue weighted by atomic mass is 32.2. The van der Waals surface area contributed by atoms with Crippen molar-refractivity contribution in [2.24, 2.45) is 10.9 Å². The Kier molecular flexibility index (Phi) is 8.74. The topological polar surface area (TPSA) is 85.8 Å². The van der Waals surface area contributed by atoms with Crippen LogP contribution in [0, 0.1) is 5.92 Å². The molecule has 0 saturated carbocycles. The third-order valence-corrected chi connectivity index (χ3v) is 5.93. The molecule has 0 bridgehead atoms. The van der Waals surface area contributed by atoms with Gasteiger partial charge in [-0.25, -0.2) is 4.79 Å². The molecule has 0 aromatic heterocycles. The standard InChI is InChI=1S/C23H30N4O2S/c1-2-24-23(29)27-18-10-8-17(9-11-18)22-15-19(25-12-13-28)14-20(26-22)16-30-21-6-4-3-5-7-21/h3-8,10-11,14,17,19,25,28H,2,9,12-13,15-16H2,1H3,(H2,24,27,29). The largest absolute Gasteiger partial charge is 0.395 e. The molecular weight excluding hydrogens is 396 g/mol. The maximum absolute atomic E-state index is 11.7. The number of benzene rings is 1. The molecule has 2 unspecified atom stereocenters. The molecule has 0 saturated heterocycles. The monoisotopic (exact) mass is 426 g/mol. The molecule has 1 aliphatic heterocycles. The van der Waals surface area contributed by atoms with Crippen LogP contribution < -0.4 is 16.0 Å². The van der Waals surface area contributed by atoms with Gasteiger partial charge in [0.1, 0.15) is 0 Å². The van der Waals surface area contributed by atoms with Gasteiger partial charge < -0.3 is 21.1 Å². The second kappa shape index (κ2) is 11.7. The number of allylic oxidation sites excluding steroid dienone is 3. The predicted molar refractivity (Wildman–Crippen MR) is 124 cm³/mol. The summed E-state index contributed by atoms with van der Waals surface area (Å²) in [6.45, 7) is 3.17. The highest BCUT2D eigenvalue weighted by Gasteiger charge is 2.23. The molecule has 1 aromatic rings. The van der Waals surface area contributed by atoms with Crippen LogP contribution in [0.4, 0.5) is 4.79 Å². The van der Waals surface area contributed by atoms with E-state index in [4.69, 9.17) is 4.99 Å². The number of carbonyl (C=O) groups is 1. The number of thioether (sulfide) groups is 1. The van der Waals surface area contributed by atoms with Crippen LogP contribution in [0.5, 0.6) is 0 Å². The van der Waals surface area contributed by atoms with Gasteiger partial charge in [-0.05, 0) is 37.6 Å². The van der Waals surface area contributed by atoms with Crippen molar-refractivity contribution in [2.45, 2.75) is 30.7 Å². The number of carbonyl (C=O) groups excluding carboxylic acids is 1. The molecule has 30 heavy (non-hydrogen) atoms. The van der Waals surface area contributed by atoms with Gasteiger partial charge in [0, 0.05) is 59.2 Å². The smallest absolute Gasteiger partial charge is 0.319 e. The lowest BCUT2D eigenvalue weighted by molar-refractivity contribution is 0.244. The quantitative estimate of drug-likeness (QED) is 0.457. The SMILES string of the molecule is CCNC(=O)NC1=CCC(C2=NC(CSc3ccccc3)=CC(NCCO)C2)C=C1. The van der Waals surface area contributed by atoms with E-state index in [-0.39, 0.29) is 24.6 Å². The Morgan fingerprint density at radius 2 is 2.13 bits per heavy atom. The van der Waals surface area contributed by atoms with Gasteiger partial charge in [0.2, 0.25) is 0 Å². The molecule has 0 radical (unpaired) electrons. The summed E-state index contributed by atoms with van der Waals surface area (Å²) in [6, 6.07) is 10.3. The van der Waals surface area contributed by atoms with Crippen LogP contribution in [-0.2, 0) is 0 Å². The number of hydrogen-bond acceptors (Lipinski definition) is 5. The van der Waals surface area contributed by atoms with Crippen molar-refractivity contribution < 1.29 is 9.90 Å². The summed E-state index contributed by atoms with van der Waals surface area (Å²) in [5, 5.41) is 18.2. The van der Waals surface area contributed by atoms with E-state index in [9.17, 15) is 9.90 Å². The number of aliphatic imine (C=N–C) groups is 1. The highest BCUT2D eigenvalue weighted by molar-refractivity contribution is 7.99. The van der Waals surface area contributed by atoms with E-state index >= 15 is 0 Å². The summed E-state index contributed by atoms with van der Waals surface area (Å²) in [4.78, 5) is 17.9. The van der Waals surface area contributed by atoms with Gasteiger partial charge in [-0.1, -0.05) is 30.4 Å². The normalized spacial score (nSPS) is 20.8. The molecular formula is C23H30N4O2S. The predicted octanol–water partition coefficient (Wildman–Crippen LogP) is 3.24. The zero-order valence-electron chi connectivity index (χ0n) is 17.3. The molecule has 2 atom stereocenters. The van der Waals surface area contributed by atoms with Crippen molar-refractivity contribution in [1.29, 1.82) is 0 Å². The molecule has 2 aliphatic rings. The lowest BCUT2D eigenvalue weighted by Gasteiger charge is -2.26. The molecule has 6 nitrogen and oxygen atoms in total. The third-order valence-electron chi connectivity index (χ3n) is 4.88. The van der Waals surface area contributed by atoms with Crippen LogP contribution in [-0.4, -0.2) is 48.3 Å². The van der Waals surface area contributed by atoms with Crippen LogP contribution in [0.3, 0.4) is 0 Å². The minimum atomic E-state index is -0.182. The number of urea groups is 1. The van der Waals surface area contributed by atoms with Gasteiger partial charge in [-0.3, -0.25) is 4.99 Å². The summed E-state index contributed by atoms with van der Waals surface area (Å²) >= 11 is 1.78. The van der Waals surface area contributed by atoms with Crippen molar-refractivity contribution in [1.82, 2.24) is 16.0 Å². The number of rotatable bonds is 9. The zero-order chi connectivity index (χ0) is 21.2. The maximum Gasteiger partial charge on any atom is 0.319 e. The molecule has 1 heterocycles. The molecule has 0 fully saturated rings. The summed E-state index contributed by atoms with van der Waals surface area (Å²) in [5.74, 6) is 1.02. The Morgan fingerprint density at radius 1 is 1.30 bits per heavy atom. The summed E-state index contributed by atoms with van der Waals surface area (Å²) < 4.78 is 0. The van der Waals surface area contributed by atoms with E-state index in [1.807, 2.05) is 31.2 Å². The Morgan fingerprint density at radius 3 is 2.83 bits per heavy atom. The van der Waals surface area contributed by atoms with E-state index in [2.05, 4.69) is 46.3 Å². The molecule has 1 aromatic carbocycles. The van der Waals surface area contributed by atoms with Crippen molar-refractivity contribution in [3.63, 3.8) is 0 Å². The maximum atomic E-state index is 11.7. The summed E-state index contributed by atoms with van der Waals surface area (Å²) in [7, 11) is 0. The van der Waals surface area contributed by atoms with Gasteiger partial charge in [0.05, 0.1) is 6.61 Å². The van der Waals surface area contributed by atoms with Crippen LogP contribution in [0.15, 0.2) is 75.9 Å². The Labute approximate surface area is 182 Å². The number of amides is 2. The van der Waals surface area contributed by atoms with Crippen LogP contribution in [0.25, 0.3) is 0 Å². The molecule has 4 N–H and O–H groups in total. The molecule has 3 rings (SSSR count). The Hall–Kier alpha value is -2.35. The first-order chi connectivity index (χ1) is 14.7. The van der Waals surface area contributed by atoms with E-state index in [0.29, 0.717) is 13.1 Å². The summed E-state index contributed by atoms with van der Waals surface area (Å²) in [6.07, 6.45) is 9.94. The number of nitrogens with one attached hydrogen (secondary N) is 3.